The summed E-state index contributed by atoms with van der Waals surface area (Å²) in [5, 5.41) is 8.67. The lowest BCUT2D eigenvalue weighted by molar-refractivity contribution is -0.134. The van der Waals surface area contributed by atoms with Crippen LogP contribution in [0.4, 0.5) is 0 Å². The Morgan fingerprint density at radius 1 is 1.18 bits per heavy atom. The van der Waals surface area contributed by atoms with Gasteiger partial charge in [-0.1, -0.05) is 32.7 Å². The van der Waals surface area contributed by atoms with E-state index in [0.717, 1.165) is 0 Å². The Morgan fingerprint density at radius 3 is 1.64 bits per heavy atom. The highest BCUT2D eigenvalue weighted by atomic mass is 29.3. The van der Waals surface area contributed by atoms with Crippen molar-refractivity contribution in [2.24, 2.45) is 0 Å². The van der Waals surface area contributed by atoms with E-state index in [9.17, 15) is 4.79 Å². The van der Waals surface area contributed by atoms with Crippen molar-refractivity contribution in [3.8, 4) is 0 Å². The van der Waals surface area contributed by atoms with Gasteiger partial charge in [0.1, 0.15) is 0 Å². The molecule has 1 N–H and O–H groups in total. The quantitative estimate of drug-likeness (QED) is 0.693. The van der Waals surface area contributed by atoms with Crippen LogP contribution >= 0.6 is 0 Å². The monoisotopic (exact) mass is 190 g/mol. The van der Waals surface area contributed by atoms with Crippen LogP contribution < -0.4 is 0 Å². The molecule has 0 fully saturated rings. The summed E-state index contributed by atoms with van der Waals surface area (Å²) in [4.78, 5) is 10.5. The molecule has 0 aliphatic carbocycles. The van der Waals surface area contributed by atoms with Crippen LogP contribution in [0.5, 0.6) is 0 Å². The zero-order valence-electron chi connectivity index (χ0n) is 8.06. The molecular formula is C7H18O2Si2. The topological polar surface area (TPSA) is 37.3 Å². The molecule has 0 saturated heterocycles. The predicted molar refractivity (Wildman–Crippen MR) is 53.3 cm³/mol. The van der Waals surface area contributed by atoms with Crippen LogP contribution in [-0.2, 0) is 4.79 Å². The summed E-state index contributed by atoms with van der Waals surface area (Å²) in [5.74, 6) is -0.621. The second-order valence-electron chi connectivity index (χ2n) is 4.70. The minimum absolute atomic E-state index is 0.433. The fraction of sp³-hybridized carbons (Fsp3) is 0.857. The maximum atomic E-state index is 10.5. The molecule has 2 nitrogen and oxygen atoms in total. The lowest BCUT2D eigenvalue weighted by Gasteiger charge is -2.33. The number of carbonyl (C=O) groups is 1. The van der Waals surface area contributed by atoms with Crippen molar-refractivity contribution in [1.29, 1.82) is 0 Å². The van der Waals surface area contributed by atoms with Crippen molar-refractivity contribution in [3.05, 3.63) is 0 Å². The Morgan fingerprint density at radius 2 is 1.55 bits per heavy atom. The van der Waals surface area contributed by atoms with Crippen molar-refractivity contribution < 1.29 is 9.90 Å². The van der Waals surface area contributed by atoms with Crippen molar-refractivity contribution >= 4 is 21.2 Å². The largest absolute Gasteiger partial charge is 0.481 e. The Kier molecular flexibility index (Phi) is 3.08. The van der Waals surface area contributed by atoms with Gasteiger partial charge in [0.25, 0.3) is 5.97 Å². The highest BCUT2D eigenvalue weighted by Crippen LogP contribution is 2.22. The lowest BCUT2D eigenvalue weighted by atomic mass is 10.8. The van der Waals surface area contributed by atoms with Gasteiger partial charge >= 0.3 is 0 Å². The molecule has 11 heavy (non-hydrogen) atoms. The molecule has 0 aliphatic heterocycles. The van der Waals surface area contributed by atoms with Gasteiger partial charge in [0.15, 0.2) is 0 Å². The van der Waals surface area contributed by atoms with E-state index in [0.29, 0.717) is 6.04 Å². The molecule has 0 rings (SSSR count). The summed E-state index contributed by atoms with van der Waals surface area (Å²) in [7, 11) is -2.62. The van der Waals surface area contributed by atoms with E-state index in [1.165, 1.54) is 0 Å². The number of hydrogen-bond donors (Lipinski definition) is 1. The second-order valence-corrected chi connectivity index (χ2v) is 21.9. The van der Waals surface area contributed by atoms with Crippen LogP contribution in [0, 0.1) is 0 Å². The fourth-order valence-electron chi connectivity index (χ4n) is 0.643. The molecule has 0 radical (unpaired) electrons. The van der Waals surface area contributed by atoms with E-state index in [1.54, 1.807) is 0 Å². The van der Waals surface area contributed by atoms with E-state index >= 15 is 0 Å². The molecule has 66 valence electrons. The molecule has 0 saturated carbocycles. The van der Waals surface area contributed by atoms with E-state index in [4.69, 9.17) is 5.11 Å². The summed E-state index contributed by atoms with van der Waals surface area (Å²) in [5.41, 5.74) is 0. The second kappa shape index (κ2) is 3.10. The van der Waals surface area contributed by atoms with Gasteiger partial charge in [-0.05, 0) is 0 Å². The van der Waals surface area contributed by atoms with Crippen LogP contribution in [0.25, 0.3) is 0 Å². The van der Waals surface area contributed by atoms with E-state index in [2.05, 4.69) is 32.7 Å². The number of hydrogen-bond acceptors (Lipinski definition) is 1. The van der Waals surface area contributed by atoms with Gasteiger partial charge in [0.05, 0.1) is 7.59 Å². The predicted octanol–water partition coefficient (Wildman–Crippen LogP) is 2.20. The minimum Gasteiger partial charge on any atom is -0.481 e. The first-order chi connectivity index (χ1) is 4.67. The first-order valence-electron chi connectivity index (χ1n) is 3.88. The van der Waals surface area contributed by atoms with Crippen molar-refractivity contribution in [2.75, 3.05) is 0 Å². The fourth-order valence-corrected chi connectivity index (χ4v) is 3.97. The first kappa shape index (κ1) is 10.9. The van der Waals surface area contributed by atoms with Crippen molar-refractivity contribution in [2.45, 2.75) is 38.8 Å². The molecule has 0 spiro atoms. The van der Waals surface area contributed by atoms with Gasteiger partial charge in [-0.25, -0.2) is 0 Å². The SMILES string of the molecule is C[Si](C)(C)[Si](C)(C)CC(=O)O. The first-order valence-corrected chi connectivity index (χ1v) is 11.6. The molecule has 4 heteroatoms. The number of aliphatic carboxylic acids is 1. The van der Waals surface area contributed by atoms with Crippen molar-refractivity contribution in [1.82, 2.24) is 0 Å². The number of rotatable bonds is 3. The number of carboxylic acid groups (broad SMARTS) is 1. The third-order valence-corrected chi connectivity index (χ3v) is 20.6. The Balaban J connectivity index is 4.34. The van der Waals surface area contributed by atoms with Crippen LogP contribution in [0.1, 0.15) is 0 Å². The number of carboxylic acids is 1. The highest BCUT2D eigenvalue weighted by molar-refractivity contribution is 7.40. The summed E-state index contributed by atoms with van der Waals surface area (Å²) < 4.78 is 0. The smallest absolute Gasteiger partial charge is 0.300 e. The summed E-state index contributed by atoms with van der Waals surface area (Å²) >= 11 is 0. The summed E-state index contributed by atoms with van der Waals surface area (Å²) in [6, 6.07) is 0.433. The van der Waals surface area contributed by atoms with Crippen LogP contribution in [0.15, 0.2) is 0 Å². The third kappa shape index (κ3) is 3.20. The normalized spacial score (nSPS) is 13.2. The standard InChI is InChI=1S/C7H18O2Si2/c1-10(2,3)11(4,5)6-7(8)9/h6H2,1-5H3,(H,8,9). The van der Waals surface area contributed by atoms with Gasteiger partial charge in [-0.3, -0.25) is 4.79 Å². The van der Waals surface area contributed by atoms with Gasteiger partial charge < -0.3 is 5.11 Å². The molecule has 0 aliphatic rings. The molecule has 0 atom stereocenters. The molecule has 0 aromatic rings. The Labute approximate surface area is 70.4 Å². The van der Waals surface area contributed by atoms with E-state index < -0.39 is 21.2 Å². The summed E-state index contributed by atoms with van der Waals surface area (Å²) in [6.07, 6.45) is 0. The average molecular weight is 190 g/mol. The van der Waals surface area contributed by atoms with Crippen LogP contribution in [0.3, 0.4) is 0 Å². The molecule has 0 aromatic heterocycles. The van der Waals surface area contributed by atoms with Gasteiger partial charge in [0, 0.05) is 13.6 Å². The van der Waals surface area contributed by atoms with Crippen molar-refractivity contribution in [3.63, 3.8) is 0 Å². The molecular weight excluding hydrogens is 172 g/mol. The maximum absolute atomic E-state index is 10.5. The average Bonchev–Trinajstić information content (AvgIpc) is 1.56. The molecule has 0 aromatic carbocycles. The van der Waals surface area contributed by atoms with Gasteiger partial charge in [0.2, 0.25) is 0 Å². The van der Waals surface area contributed by atoms with Crippen LogP contribution in [0.2, 0.25) is 38.8 Å². The molecule has 0 heterocycles. The van der Waals surface area contributed by atoms with E-state index in [1.807, 2.05) is 0 Å². The highest BCUT2D eigenvalue weighted by Gasteiger charge is 2.38. The maximum Gasteiger partial charge on any atom is 0.300 e. The lowest BCUT2D eigenvalue weighted by Crippen LogP contribution is -2.53. The molecule has 0 amide bonds. The molecule has 0 bridgehead atoms. The third-order valence-electron chi connectivity index (χ3n) is 2.62. The Hall–Kier alpha value is -0.0962. The minimum atomic E-state index is -1.43. The Bertz CT molecular complexity index is 158. The summed E-state index contributed by atoms with van der Waals surface area (Å²) in [6.45, 7) is 11.2. The van der Waals surface area contributed by atoms with E-state index in [-0.39, 0.29) is 0 Å². The zero-order valence-corrected chi connectivity index (χ0v) is 10.1. The van der Waals surface area contributed by atoms with Crippen LogP contribution in [-0.4, -0.2) is 26.3 Å². The van der Waals surface area contributed by atoms with Gasteiger partial charge in [-0.15, -0.1) is 0 Å². The molecule has 0 unspecified atom stereocenters. The van der Waals surface area contributed by atoms with Gasteiger partial charge in [-0.2, -0.15) is 0 Å². The zero-order chi connectivity index (χ0) is 9.28.